The van der Waals surface area contributed by atoms with Gasteiger partial charge >= 0.3 is 5.79 Å². The van der Waals surface area contributed by atoms with Crippen molar-refractivity contribution in [1.29, 1.82) is 5.41 Å². The molecule has 5 bridgehead atoms. The molecule has 9 N–H and O–H groups in total. The molecule has 0 unspecified atom stereocenters. The molecule has 0 radical (unpaired) electrons. The van der Waals surface area contributed by atoms with E-state index in [1.807, 2.05) is 0 Å². The quantitative estimate of drug-likeness (QED) is 0.0936. The molecule has 15 heteroatoms. The van der Waals surface area contributed by atoms with Gasteiger partial charge in [0.25, 0.3) is 11.7 Å². The number of nitrogens with one attached hydrogen (secondary N) is 2. The number of hydrogen-bond donors (Lipinski definition) is 8. The number of allylic oxidation sites excluding steroid dienone is 2. The first kappa shape index (κ1) is 39.0. The highest BCUT2D eigenvalue weighted by molar-refractivity contribution is 6.22. The number of azo groups is 1. The monoisotopic (exact) mass is 709 g/mol. The highest BCUT2D eigenvalue weighted by Crippen LogP contribution is 2.54. The zero-order valence-electron chi connectivity index (χ0n) is 29.8. The number of anilines is 1. The number of hydrogen-bond acceptors (Lipinski definition) is 12. The molecule has 5 rings (SSSR count). The molecule has 0 saturated heterocycles. The minimum atomic E-state index is -1.99. The van der Waals surface area contributed by atoms with E-state index >= 15 is 0 Å². The number of aliphatic hydroxyl groups is 3. The second-order valence-electron chi connectivity index (χ2n) is 13.4. The van der Waals surface area contributed by atoms with Crippen molar-refractivity contribution in [3.05, 3.63) is 53.3 Å². The molecule has 15 nitrogen and oxygen atoms in total. The average molecular weight is 710 g/mol. The number of nitrogens with two attached hydrogens (primary N) is 1. The van der Waals surface area contributed by atoms with Crippen LogP contribution in [0.3, 0.4) is 0 Å². The van der Waals surface area contributed by atoms with Crippen molar-refractivity contribution in [3.63, 3.8) is 0 Å². The number of guanidine groups is 1. The molecule has 2 aromatic carbocycles. The number of Topliss-reactive ketones (excluding diaryl/α,β-unsaturated/α-hetero) is 1. The molecular formula is C36H47N5O10. The van der Waals surface area contributed by atoms with Crippen LogP contribution in [0.5, 0.6) is 17.2 Å². The zero-order chi connectivity index (χ0) is 38.1. The predicted octanol–water partition coefficient (Wildman–Crippen LogP) is 4.45. The van der Waals surface area contributed by atoms with Crippen LogP contribution >= 0.6 is 0 Å². The van der Waals surface area contributed by atoms with Gasteiger partial charge in [0, 0.05) is 54.2 Å². The molecule has 0 aliphatic carbocycles. The summed E-state index contributed by atoms with van der Waals surface area (Å²) in [5.41, 5.74) is 5.26. The van der Waals surface area contributed by atoms with Gasteiger partial charge in [0.1, 0.15) is 11.5 Å². The van der Waals surface area contributed by atoms with Crippen LogP contribution in [0.4, 0.5) is 11.4 Å². The topological polar surface area (TPSA) is 250 Å². The summed E-state index contributed by atoms with van der Waals surface area (Å²) in [6.45, 7) is 11.2. The molecule has 9 atom stereocenters. The molecule has 2 aromatic rings. The standard InChI is InChI=1S/C36H47N5O10/c1-15-10-9-11-16(2)34(48)39-22-14-21(40-41-35(37)38)24-25(31(22)46)30(45)20(6)32-26(24)33(47)36(7,51-32)50-13-12-23(49-8)17(3)28(43)19(5)29(44)18(4)27(15)42/h9-15,17-19,23,27-29,42-46H,1-8H3,(H3,37,38)(H,39,48)/b10-9+,13-12+,16-11-,41-40?/t15-,17+,18+,19-,23-,27-,28+,29+,36-/m0/s1. The fraction of sp³-hybridized carbons (Fsp3) is 0.472. The van der Waals surface area contributed by atoms with Gasteiger partial charge in [0.2, 0.25) is 5.96 Å². The first-order valence-electron chi connectivity index (χ1n) is 16.5. The number of rotatable bonds is 2. The van der Waals surface area contributed by atoms with E-state index in [1.54, 1.807) is 39.8 Å². The third kappa shape index (κ3) is 7.47. The first-order chi connectivity index (χ1) is 23.9. The lowest BCUT2D eigenvalue weighted by molar-refractivity contribution is -0.112. The van der Waals surface area contributed by atoms with Crippen LogP contribution in [0.1, 0.15) is 57.5 Å². The van der Waals surface area contributed by atoms with E-state index in [0.717, 1.165) is 0 Å². The summed E-state index contributed by atoms with van der Waals surface area (Å²) in [7, 11) is 1.43. The van der Waals surface area contributed by atoms with Crippen LogP contribution in [-0.4, -0.2) is 80.5 Å². The molecule has 51 heavy (non-hydrogen) atoms. The number of nitrogens with zero attached hydrogens (tertiary/aromatic N) is 2. The Morgan fingerprint density at radius 2 is 1.61 bits per heavy atom. The number of ether oxygens (including phenoxy) is 3. The molecule has 3 heterocycles. The van der Waals surface area contributed by atoms with Crippen molar-refractivity contribution < 1.29 is 49.3 Å². The number of carbonyl (C=O) groups is 2. The van der Waals surface area contributed by atoms with Crippen LogP contribution in [0.15, 0.2) is 52.4 Å². The second kappa shape index (κ2) is 15.2. The van der Waals surface area contributed by atoms with E-state index in [0.29, 0.717) is 0 Å². The molecule has 3 aliphatic rings. The lowest BCUT2D eigenvalue weighted by Crippen LogP contribution is -2.44. The van der Waals surface area contributed by atoms with Crippen molar-refractivity contribution in [2.75, 3.05) is 12.4 Å². The molecule has 0 spiro atoms. The van der Waals surface area contributed by atoms with Gasteiger partial charge in [0.15, 0.2) is 5.75 Å². The number of aromatic hydroxyl groups is 2. The summed E-state index contributed by atoms with van der Waals surface area (Å²) in [5.74, 6) is -7.55. The maximum Gasteiger partial charge on any atom is 0.312 e. The molecule has 0 fully saturated rings. The Labute approximate surface area is 295 Å². The van der Waals surface area contributed by atoms with E-state index in [9.17, 15) is 35.1 Å². The van der Waals surface area contributed by atoms with E-state index in [2.05, 4.69) is 15.5 Å². The van der Waals surface area contributed by atoms with Gasteiger partial charge in [-0.15, -0.1) is 10.2 Å². The number of phenolic OH excluding ortho intramolecular Hbond substituents is 2. The number of amides is 1. The van der Waals surface area contributed by atoms with Gasteiger partial charge < -0.3 is 50.8 Å². The van der Waals surface area contributed by atoms with Crippen molar-refractivity contribution in [1.82, 2.24) is 0 Å². The van der Waals surface area contributed by atoms with Gasteiger partial charge in [-0.05, 0) is 26.0 Å². The maximum atomic E-state index is 14.1. The second-order valence-corrected chi connectivity index (χ2v) is 13.4. The SMILES string of the molecule is CO[C@H]1/C=C/O[C@@]2(C)Oc3c(C)c(O)c4c(O)c(cc(N=NC(=N)N)c4c3C2=O)NC(=O)/C(C)=C\C=C\[C@H](C)[C@H](O)[C@@H](C)[C@@H](O)[C@@H](C)[C@H](O)[C@@H]1C. The first-order valence-corrected chi connectivity index (χ1v) is 16.5. The summed E-state index contributed by atoms with van der Waals surface area (Å²) in [5, 5.41) is 73.7. The van der Waals surface area contributed by atoms with Crippen molar-refractivity contribution in [2.24, 2.45) is 39.6 Å². The van der Waals surface area contributed by atoms with Crippen LogP contribution in [0.2, 0.25) is 0 Å². The van der Waals surface area contributed by atoms with Crippen LogP contribution < -0.4 is 15.8 Å². The van der Waals surface area contributed by atoms with Gasteiger partial charge in [-0.2, -0.15) is 0 Å². The van der Waals surface area contributed by atoms with E-state index in [1.165, 1.54) is 52.4 Å². The molecule has 3 aliphatic heterocycles. The van der Waals surface area contributed by atoms with Gasteiger partial charge in [0.05, 0.1) is 53.0 Å². The number of ketones is 1. The molecule has 0 saturated carbocycles. The smallest absolute Gasteiger partial charge is 0.312 e. The number of benzene rings is 2. The molecule has 1 amide bonds. The number of fused-ring (bicyclic) bond motifs is 14. The fourth-order valence-corrected chi connectivity index (χ4v) is 6.45. The van der Waals surface area contributed by atoms with E-state index in [4.69, 9.17) is 25.4 Å². The summed E-state index contributed by atoms with van der Waals surface area (Å²) < 4.78 is 17.5. The molecule has 0 aromatic heterocycles. The summed E-state index contributed by atoms with van der Waals surface area (Å²) in [6, 6.07) is 1.21. The lowest BCUT2D eigenvalue weighted by Gasteiger charge is -2.36. The number of carbonyl (C=O) groups excluding carboxylic acids is 2. The fourth-order valence-electron chi connectivity index (χ4n) is 6.45. The highest BCUT2D eigenvalue weighted by Gasteiger charge is 2.49. The summed E-state index contributed by atoms with van der Waals surface area (Å²) in [6.07, 6.45) is 3.45. The van der Waals surface area contributed by atoms with Crippen LogP contribution in [0, 0.1) is 36.0 Å². The predicted molar refractivity (Wildman–Crippen MR) is 189 cm³/mol. The molecule has 276 valence electrons. The third-order valence-corrected chi connectivity index (χ3v) is 9.84. The largest absolute Gasteiger partial charge is 0.507 e. The van der Waals surface area contributed by atoms with E-state index in [-0.39, 0.29) is 44.6 Å². The number of methoxy groups -OCH3 is 1. The van der Waals surface area contributed by atoms with Crippen LogP contribution in [0.25, 0.3) is 10.8 Å². The number of phenols is 2. The minimum Gasteiger partial charge on any atom is -0.507 e. The zero-order valence-corrected chi connectivity index (χ0v) is 29.8. The van der Waals surface area contributed by atoms with Crippen molar-refractivity contribution in [2.45, 2.75) is 78.7 Å². The lowest BCUT2D eigenvalue weighted by atomic mass is 9.78. The third-order valence-electron chi connectivity index (χ3n) is 9.84. The Morgan fingerprint density at radius 1 is 0.980 bits per heavy atom. The molecular weight excluding hydrogens is 662 g/mol. The van der Waals surface area contributed by atoms with Gasteiger partial charge in [-0.1, -0.05) is 45.9 Å². The van der Waals surface area contributed by atoms with Gasteiger partial charge in [-0.25, -0.2) is 0 Å². The summed E-state index contributed by atoms with van der Waals surface area (Å²) in [4.78, 5) is 27.4. The summed E-state index contributed by atoms with van der Waals surface area (Å²) >= 11 is 0. The van der Waals surface area contributed by atoms with Crippen molar-refractivity contribution in [3.8, 4) is 17.2 Å². The Kier molecular flexibility index (Phi) is 11.6. The average Bonchev–Trinajstić information content (AvgIpc) is 3.36. The normalized spacial score (nSPS) is 33.0. The van der Waals surface area contributed by atoms with E-state index < -0.39 is 83.0 Å². The Morgan fingerprint density at radius 3 is 2.24 bits per heavy atom. The van der Waals surface area contributed by atoms with Crippen LogP contribution in [-0.2, 0) is 14.3 Å². The Hall–Kier alpha value is -4.83. The Balaban J connectivity index is 1.93. The Bertz CT molecular complexity index is 1840. The van der Waals surface area contributed by atoms with Crippen molar-refractivity contribution >= 4 is 39.8 Å². The minimum absolute atomic E-state index is 0.0622. The number of aliphatic hydroxyl groups excluding tert-OH is 3. The van der Waals surface area contributed by atoms with Gasteiger partial charge in [-0.3, -0.25) is 15.0 Å². The highest BCUT2D eigenvalue weighted by atomic mass is 16.7. The maximum absolute atomic E-state index is 14.1.